The number of hydrogen-bond acceptors (Lipinski definition) is 6. The fourth-order valence-electron chi connectivity index (χ4n) is 3.95. The van der Waals surface area contributed by atoms with Gasteiger partial charge in [0.05, 0.1) is 11.1 Å². The lowest BCUT2D eigenvalue weighted by molar-refractivity contribution is -0.131. The number of benzene rings is 2. The highest BCUT2D eigenvalue weighted by molar-refractivity contribution is 6.21. The highest BCUT2D eigenvalue weighted by Gasteiger charge is 2.49. The Balaban J connectivity index is 1.34. The summed E-state index contributed by atoms with van der Waals surface area (Å²) in [7, 11) is 0. The average Bonchev–Trinajstić information content (AvgIpc) is 3.37. The van der Waals surface area contributed by atoms with Crippen LogP contribution in [0.2, 0.25) is 0 Å². The van der Waals surface area contributed by atoms with Crippen molar-refractivity contribution in [3.63, 3.8) is 0 Å². The smallest absolute Gasteiger partial charge is 0.325 e. The Bertz CT molecular complexity index is 1090. The third-order valence-corrected chi connectivity index (χ3v) is 5.65. The summed E-state index contributed by atoms with van der Waals surface area (Å²) in [5.74, 6) is -0.257. The lowest BCUT2D eigenvalue weighted by Crippen LogP contribution is -2.43. The fourth-order valence-corrected chi connectivity index (χ4v) is 3.95. The van der Waals surface area contributed by atoms with Crippen LogP contribution in [0.25, 0.3) is 0 Å². The number of carbonyl (C=O) groups excluding carboxylic acids is 4. The van der Waals surface area contributed by atoms with Crippen LogP contribution >= 0.6 is 0 Å². The van der Waals surface area contributed by atoms with Crippen molar-refractivity contribution >= 4 is 23.8 Å². The van der Waals surface area contributed by atoms with Crippen LogP contribution in [-0.2, 0) is 10.3 Å². The van der Waals surface area contributed by atoms with Gasteiger partial charge in [0, 0.05) is 13.1 Å². The second-order valence-corrected chi connectivity index (χ2v) is 7.39. The molecule has 0 unspecified atom stereocenters. The molecule has 3 heterocycles. The van der Waals surface area contributed by atoms with Crippen LogP contribution in [0.3, 0.4) is 0 Å². The predicted molar refractivity (Wildman–Crippen MR) is 102 cm³/mol. The summed E-state index contributed by atoms with van der Waals surface area (Å²) in [4.78, 5) is 52.7. The lowest BCUT2D eigenvalue weighted by Gasteiger charge is -2.23. The van der Waals surface area contributed by atoms with Crippen LogP contribution in [0.4, 0.5) is 4.79 Å². The van der Waals surface area contributed by atoms with Crippen molar-refractivity contribution in [2.24, 2.45) is 0 Å². The van der Waals surface area contributed by atoms with Crippen LogP contribution in [0.5, 0.6) is 11.5 Å². The van der Waals surface area contributed by atoms with Gasteiger partial charge in [-0.3, -0.25) is 24.2 Å². The van der Waals surface area contributed by atoms with E-state index in [1.54, 1.807) is 49.4 Å². The summed E-state index contributed by atoms with van der Waals surface area (Å²) in [5.41, 5.74) is -0.0943. The highest BCUT2D eigenvalue weighted by atomic mass is 16.7. The van der Waals surface area contributed by atoms with Crippen molar-refractivity contribution in [1.82, 2.24) is 15.1 Å². The largest absolute Gasteiger partial charge is 0.454 e. The molecule has 9 nitrogen and oxygen atoms in total. The number of imide groups is 2. The molecule has 3 aliphatic heterocycles. The SMILES string of the molecule is C[C@]1(c2ccc3c(c2)OCO3)NC(=O)N(CCN2C(=O)c3ccccc3C2=O)C1=O. The summed E-state index contributed by atoms with van der Waals surface area (Å²) < 4.78 is 10.6. The maximum atomic E-state index is 13.1. The molecule has 1 N–H and O–H groups in total. The second kappa shape index (κ2) is 6.31. The van der Waals surface area contributed by atoms with Gasteiger partial charge in [-0.15, -0.1) is 0 Å². The average molecular weight is 407 g/mol. The third kappa shape index (κ3) is 2.48. The van der Waals surface area contributed by atoms with E-state index in [9.17, 15) is 19.2 Å². The zero-order chi connectivity index (χ0) is 21.0. The number of hydrogen-bond donors (Lipinski definition) is 1. The molecule has 5 rings (SSSR count). The standard InChI is InChI=1S/C21H17N3O6/c1-21(12-6-7-15-16(10-12)30-11-29-15)19(27)24(20(28)22-21)9-8-23-17(25)13-4-2-3-5-14(13)18(23)26/h2-7,10H,8-9,11H2,1H3,(H,22,28)/t21-/m1/s1. The lowest BCUT2D eigenvalue weighted by atomic mass is 9.91. The van der Waals surface area contributed by atoms with E-state index in [0.717, 1.165) is 9.80 Å². The maximum Gasteiger partial charge on any atom is 0.325 e. The summed E-state index contributed by atoms with van der Waals surface area (Å²) in [5, 5.41) is 2.71. The van der Waals surface area contributed by atoms with Crippen LogP contribution < -0.4 is 14.8 Å². The van der Waals surface area contributed by atoms with E-state index in [4.69, 9.17) is 9.47 Å². The van der Waals surface area contributed by atoms with Gasteiger partial charge in [-0.2, -0.15) is 0 Å². The van der Waals surface area contributed by atoms with E-state index in [0.29, 0.717) is 28.2 Å². The first-order valence-corrected chi connectivity index (χ1v) is 9.39. The zero-order valence-corrected chi connectivity index (χ0v) is 16.0. The third-order valence-electron chi connectivity index (χ3n) is 5.65. The summed E-state index contributed by atoms with van der Waals surface area (Å²) in [6.45, 7) is 1.52. The van der Waals surface area contributed by atoms with Gasteiger partial charge in [0.2, 0.25) is 6.79 Å². The van der Waals surface area contributed by atoms with Gasteiger partial charge >= 0.3 is 6.03 Å². The monoisotopic (exact) mass is 407 g/mol. The number of amides is 5. The fraction of sp³-hybridized carbons (Fsp3) is 0.238. The molecule has 2 aromatic carbocycles. The van der Waals surface area contributed by atoms with E-state index in [2.05, 4.69) is 5.32 Å². The van der Waals surface area contributed by atoms with Crippen molar-refractivity contribution in [3.8, 4) is 11.5 Å². The minimum atomic E-state index is -1.29. The second-order valence-electron chi connectivity index (χ2n) is 7.39. The molecule has 30 heavy (non-hydrogen) atoms. The zero-order valence-electron chi connectivity index (χ0n) is 16.0. The Morgan fingerprint density at radius 1 is 0.900 bits per heavy atom. The first kappa shape index (κ1) is 18.2. The molecule has 3 aliphatic rings. The number of nitrogens with zero attached hydrogens (tertiary/aromatic N) is 2. The van der Waals surface area contributed by atoms with E-state index < -0.39 is 29.3 Å². The molecule has 0 radical (unpaired) electrons. The van der Waals surface area contributed by atoms with E-state index >= 15 is 0 Å². The van der Waals surface area contributed by atoms with Gasteiger partial charge in [-0.25, -0.2) is 4.79 Å². The Labute approximate surface area is 171 Å². The maximum absolute atomic E-state index is 13.1. The van der Waals surface area contributed by atoms with Crippen molar-refractivity contribution in [3.05, 3.63) is 59.2 Å². The van der Waals surface area contributed by atoms with Crippen molar-refractivity contribution in [2.75, 3.05) is 19.9 Å². The predicted octanol–water partition coefficient (Wildman–Crippen LogP) is 1.48. The molecule has 1 saturated heterocycles. The number of fused-ring (bicyclic) bond motifs is 2. The molecule has 5 amide bonds. The quantitative estimate of drug-likeness (QED) is 0.608. The van der Waals surface area contributed by atoms with Crippen LogP contribution in [-0.4, -0.2) is 53.4 Å². The molecule has 0 aliphatic carbocycles. The van der Waals surface area contributed by atoms with E-state index in [1.807, 2.05) is 0 Å². The minimum Gasteiger partial charge on any atom is -0.454 e. The van der Waals surface area contributed by atoms with Gasteiger partial charge in [0.15, 0.2) is 11.5 Å². The Morgan fingerprint density at radius 3 is 2.23 bits per heavy atom. The van der Waals surface area contributed by atoms with Crippen LogP contribution in [0.1, 0.15) is 33.2 Å². The molecular weight excluding hydrogens is 390 g/mol. The first-order chi connectivity index (χ1) is 14.4. The number of nitrogens with one attached hydrogen (secondary N) is 1. The summed E-state index contributed by atoms with van der Waals surface area (Å²) in [6, 6.07) is 11.0. The molecule has 0 aromatic heterocycles. The molecule has 2 aromatic rings. The molecule has 9 heteroatoms. The van der Waals surface area contributed by atoms with Gasteiger partial charge in [-0.1, -0.05) is 18.2 Å². The minimum absolute atomic E-state index is 0.0806. The number of rotatable bonds is 4. The van der Waals surface area contributed by atoms with Gasteiger partial charge < -0.3 is 14.8 Å². The van der Waals surface area contributed by atoms with Gasteiger partial charge in [0.25, 0.3) is 17.7 Å². The normalized spacial score (nSPS) is 22.0. The Hall–Kier alpha value is -3.88. The van der Waals surface area contributed by atoms with Gasteiger partial charge in [0.1, 0.15) is 5.54 Å². The highest BCUT2D eigenvalue weighted by Crippen LogP contribution is 2.37. The molecule has 0 saturated carbocycles. The topological polar surface area (TPSA) is 105 Å². The van der Waals surface area contributed by atoms with Crippen molar-refractivity contribution in [2.45, 2.75) is 12.5 Å². The molecular formula is C21H17N3O6. The molecule has 1 fully saturated rings. The van der Waals surface area contributed by atoms with E-state index in [1.165, 1.54) is 0 Å². The molecule has 152 valence electrons. The Morgan fingerprint density at radius 2 is 1.53 bits per heavy atom. The summed E-state index contributed by atoms with van der Waals surface area (Å²) >= 11 is 0. The number of carbonyl (C=O) groups is 4. The number of ether oxygens (including phenoxy) is 2. The van der Waals surface area contributed by atoms with Crippen molar-refractivity contribution in [1.29, 1.82) is 0 Å². The molecule has 0 spiro atoms. The number of urea groups is 1. The summed E-state index contributed by atoms with van der Waals surface area (Å²) in [6.07, 6.45) is 0. The molecule has 1 atom stereocenters. The molecule has 0 bridgehead atoms. The van der Waals surface area contributed by atoms with Crippen LogP contribution in [0.15, 0.2) is 42.5 Å². The van der Waals surface area contributed by atoms with E-state index in [-0.39, 0.29) is 19.9 Å². The first-order valence-electron chi connectivity index (χ1n) is 9.39. The van der Waals surface area contributed by atoms with Crippen molar-refractivity contribution < 1.29 is 28.7 Å². The Kier molecular flexibility index (Phi) is 3.82. The van der Waals surface area contributed by atoms with Crippen LogP contribution in [0, 0.1) is 0 Å². The van der Waals surface area contributed by atoms with Gasteiger partial charge in [-0.05, 0) is 36.8 Å².